The molecule has 0 amide bonds. The van der Waals surface area contributed by atoms with E-state index in [0.29, 0.717) is 0 Å². The number of halogens is 2. The predicted molar refractivity (Wildman–Crippen MR) is 81.5 cm³/mol. The van der Waals surface area contributed by atoms with Gasteiger partial charge in [0, 0.05) is 16.5 Å². The fourth-order valence-corrected chi connectivity index (χ4v) is 3.94. The SMILES string of the molecule is CC1(C)Cc2nc(-c3ccc(Cl)c(F)c3)sc2C(N)C1. The van der Waals surface area contributed by atoms with Crippen LogP contribution in [0.3, 0.4) is 0 Å². The molecule has 2 aromatic rings. The maximum absolute atomic E-state index is 13.6. The number of benzene rings is 1. The van der Waals surface area contributed by atoms with Gasteiger partial charge in [-0.1, -0.05) is 31.5 Å². The quantitative estimate of drug-likeness (QED) is 0.837. The Labute approximate surface area is 126 Å². The minimum atomic E-state index is -0.415. The van der Waals surface area contributed by atoms with E-state index in [1.165, 1.54) is 6.07 Å². The molecule has 2 N–H and O–H groups in total. The molecule has 0 bridgehead atoms. The number of rotatable bonds is 1. The van der Waals surface area contributed by atoms with E-state index < -0.39 is 5.82 Å². The number of fused-ring (bicyclic) bond motifs is 1. The first-order valence-corrected chi connectivity index (χ1v) is 7.76. The first-order chi connectivity index (χ1) is 9.35. The summed E-state index contributed by atoms with van der Waals surface area (Å²) in [5, 5.41) is 0.951. The van der Waals surface area contributed by atoms with Crippen LogP contribution in [0.1, 0.15) is 36.9 Å². The lowest BCUT2D eigenvalue weighted by atomic mass is 9.77. The maximum Gasteiger partial charge on any atom is 0.142 e. The monoisotopic (exact) mass is 310 g/mol. The summed E-state index contributed by atoms with van der Waals surface area (Å²) >= 11 is 7.28. The molecule has 1 aromatic carbocycles. The van der Waals surface area contributed by atoms with Gasteiger partial charge in [0.2, 0.25) is 0 Å². The highest BCUT2D eigenvalue weighted by Gasteiger charge is 2.33. The summed E-state index contributed by atoms with van der Waals surface area (Å²) < 4.78 is 13.6. The number of hydrogen-bond acceptors (Lipinski definition) is 3. The van der Waals surface area contributed by atoms with Crippen LogP contribution in [0.5, 0.6) is 0 Å². The largest absolute Gasteiger partial charge is 0.323 e. The lowest BCUT2D eigenvalue weighted by Gasteiger charge is -2.32. The van der Waals surface area contributed by atoms with Crippen molar-refractivity contribution in [2.24, 2.45) is 11.1 Å². The van der Waals surface area contributed by atoms with Gasteiger partial charge in [0.15, 0.2) is 0 Å². The third-order valence-electron chi connectivity index (χ3n) is 3.65. The second kappa shape index (κ2) is 4.79. The van der Waals surface area contributed by atoms with E-state index in [0.717, 1.165) is 34.0 Å². The van der Waals surface area contributed by atoms with Crippen molar-refractivity contribution in [1.29, 1.82) is 0 Å². The summed E-state index contributed by atoms with van der Waals surface area (Å²) in [4.78, 5) is 5.80. The molecule has 1 heterocycles. The van der Waals surface area contributed by atoms with Crippen molar-refractivity contribution in [3.05, 3.63) is 39.6 Å². The zero-order valence-electron chi connectivity index (χ0n) is 11.4. The van der Waals surface area contributed by atoms with Crippen LogP contribution in [-0.2, 0) is 6.42 Å². The highest BCUT2D eigenvalue weighted by Crippen LogP contribution is 2.43. The van der Waals surface area contributed by atoms with Gasteiger partial charge in [-0.15, -0.1) is 11.3 Å². The van der Waals surface area contributed by atoms with E-state index in [4.69, 9.17) is 17.3 Å². The Morgan fingerprint density at radius 2 is 2.20 bits per heavy atom. The first kappa shape index (κ1) is 14.0. The van der Waals surface area contributed by atoms with Crippen molar-refractivity contribution >= 4 is 22.9 Å². The number of nitrogens with two attached hydrogens (primary N) is 1. The Kier molecular flexibility index (Phi) is 3.35. The standard InChI is InChI=1S/C15H16ClFN2S/c1-15(2)6-11(18)13-12(7-15)19-14(20-13)8-3-4-9(16)10(17)5-8/h3-5,11H,6-7,18H2,1-2H3. The van der Waals surface area contributed by atoms with Crippen LogP contribution in [0, 0.1) is 11.2 Å². The minimum absolute atomic E-state index is 0.0251. The molecule has 20 heavy (non-hydrogen) atoms. The van der Waals surface area contributed by atoms with Crippen molar-refractivity contribution in [3.63, 3.8) is 0 Å². The van der Waals surface area contributed by atoms with E-state index in [1.54, 1.807) is 23.5 Å². The van der Waals surface area contributed by atoms with Gasteiger partial charge in [-0.3, -0.25) is 0 Å². The molecule has 106 valence electrons. The van der Waals surface area contributed by atoms with Gasteiger partial charge in [0.05, 0.1) is 10.7 Å². The minimum Gasteiger partial charge on any atom is -0.323 e. The van der Waals surface area contributed by atoms with Crippen molar-refractivity contribution in [2.45, 2.75) is 32.7 Å². The molecule has 1 atom stereocenters. The van der Waals surface area contributed by atoms with Crippen LogP contribution in [0.25, 0.3) is 10.6 Å². The van der Waals surface area contributed by atoms with E-state index in [9.17, 15) is 4.39 Å². The third-order valence-corrected chi connectivity index (χ3v) is 5.23. The Bertz CT molecular complexity index is 666. The summed E-state index contributed by atoms with van der Waals surface area (Å²) in [6.07, 6.45) is 1.87. The van der Waals surface area contributed by atoms with E-state index in [1.807, 2.05) is 0 Å². The van der Waals surface area contributed by atoms with Crippen molar-refractivity contribution < 1.29 is 4.39 Å². The molecular weight excluding hydrogens is 295 g/mol. The van der Waals surface area contributed by atoms with Gasteiger partial charge in [0.25, 0.3) is 0 Å². The second-order valence-corrected chi connectivity index (χ2v) is 7.55. The Morgan fingerprint density at radius 1 is 1.45 bits per heavy atom. The van der Waals surface area contributed by atoms with Gasteiger partial charge in [-0.25, -0.2) is 9.37 Å². The molecule has 0 spiro atoms. The molecule has 1 aliphatic carbocycles. The number of nitrogens with zero attached hydrogens (tertiary/aromatic N) is 1. The highest BCUT2D eigenvalue weighted by molar-refractivity contribution is 7.15. The molecule has 1 aliphatic rings. The first-order valence-electron chi connectivity index (χ1n) is 6.56. The molecule has 5 heteroatoms. The fourth-order valence-electron chi connectivity index (χ4n) is 2.75. The summed E-state index contributed by atoms with van der Waals surface area (Å²) in [5.41, 5.74) is 8.23. The lowest BCUT2D eigenvalue weighted by molar-refractivity contribution is 0.282. The molecule has 0 fully saturated rings. The fraction of sp³-hybridized carbons (Fsp3) is 0.400. The number of thiazole rings is 1. The molecule has 0 radical (unpaired) electrons. The zero-order valence-corrected chi connectivity index (χ0v) is 13.0. The van der Waals surface area contributed by atoms with E-state index in [-0.39, 0.29) is 16.5 Å². The molecule has 1 aromatic heterocycles. The molecule has 3 rings (SSSR count). The average Bonchev–Trinajstić information content (AvgIpc) is 2.75. The second-order valence-electron chi connectivity index (χ2n) is 6.11. The lowest BCUT2D eigenvalue weighted by Crippen LogP contribution is -2.28. The summed E-state index contributed by atoms with van der Waals surface area (Å²) in [7, 11) is 0. The van der Waals surface area contributed by atoms with Crippen molar-refractivity contribution in [3.8, 4) is 10.6 Å². The Morgan fingerprint density at radius 3 is 2.90 bits per heavy atom. The molecule has 0 saturated heterocycles. The van der Waals surface area contributed by atoms with E-state index >= 15 is 0 Å². The van der Waals surface area contributed by atoms with Crippen LogP contribution >= 0.6 is 22.9 Å². The van der Waals surface area contributed by atoms with E-state index in [2.05, 4.69) is 18.8 Å². The summed E-state index contributed by atoms with van der Waals surface area (Å²) in [5.74, 6) is -0.415. The Balaban J connectivity index is 2.03. The maximum atomic E-state index is 13.6. The average molecular weight is 311 g/mol. The van der Waals surface area contributed by atoms with Gasteiger partial charge in [0.1, 0.15) is 10.8 Å². The Hall–Kier alpha value is -0.970. The molecule has 1 unspecified atom stereocenters. The summed E-state index contributed by atoms with van der Waals surface area (Å²) in [6.45, 7) is 4.41. The van der Waals surface area contributed by atoms with Crippen molar-refractivity contribution in [1.82, 2.24) is 4.98 Å². The van der Waals surface area contributed by atoms with Gasteiger partial charge < -0.3 is 5.73 Å². The highest BCUT2D eigenvalue weighted by atomic mass is 35.5. The van der Waals surface area contributed by atoms with Crippen LogP contribution in [0.4, 0.5) is 4.39 Å². The third kappa shape index (κ3) is 2.48. The van der Waals surface area contributed by atoms with Crippen LogP contribution in [0.15, 0.2) is 18.2 Å². The molecule has 0 aliphatic heterocycles. The van der Waals surface area contributed by atoms with Gasteiger partial charge in [-0.2, -0.15) is 0 Å². The van der Waals surface area contributed by atoms with Crippen LogP contribution in [0.2, 0.25) is 5.02 Å². The van der Waals surface area contributed by atoms with Crippen LogP contribution in [-0.4, -0.2) is 4.98 Å². The molecular formula is C15H16ClFN2S. The van der Waals surface area contributed by atoms with Crippen LogP contribution < -0.4 is 5.73 Å². The van der Waals surface area contributed by atoms with Gasteiger partial charge >= 0.3 is 0 Å². The number of aromatic nitrogens is 1. The molecule has 2 nitrogen and oxygen atoms in total. The van der Waals surface area contributed by atoms with Crippen molar-refractivity contribution in [2.75, 3.05) is 0 Å². The smallest absolute Gasteiger partial charge is 0.142 e. The predicted octanol–water partition coefficient (Wildman–Crippen LogP) is 4.57. The zero-order chi connectivity index (χ0) is 14.5. The number of hydrogen-bond donors (Lipinski definition) is 1. The summed E-state index contributed by atoms with van der Waals surface area (Å²) in [6, 6.07) is 4.82. The topological polar surface area (TPSA) is 38.9 Å². The molecule has 0 saturated carbocycles. The normalized spacial score (nSPS) is 20.8. The van der Waals surface area contributed by atoms with Gasteiger partial charge in [-0.05, 0) is 30.4 Å².